The normalized spacial score (nSPS) is 10.5. The Morgan fingerprint density at radius 1 is 0.287 bits per heavy atom. The van der Waals surface area contributed by atoms with Gasteiger partial charge in [0.2, 0.25) is 0 Å². The molecule has 1 N–H and O–H groups in total. The van der Waals surface area contributed by atoms with Crippen LogP contribution in [0.5, 0.6) is 0 Å². The molecule has 2 aromatic rings. The van der Waals surface area contributed by atoms with E-state index in [1.54, 1.807) is 0 Å². The first-order chi connectivity index (χ1) is 38.7. The van der Waals surface area contributed by atoms with Crippen LogP contribution in [0.3, 0.4) is 0 Å². The van der Waals surface area contributed by atoms with E-state index in [-0.39, 0.29) is 45.5 Å². The van der Waals surface area contributed by atoms with Crippen molar-refractivity contribution in [3.63, 3.8) is 0 Å². The van der Waals surface area contributed by atoms with Gasteiger partial charge in [0.25, 0.3) is 0 Å². The molecule has 461 valence electrons. The zero-order valence-electron chi connectivity index (χ0n) is 52.9. The summed E-state index contributed by atoms with van der Waals surface area (Å²) in [6, 6.07) is 20.6. The molecule has 0 saturated heterocycles. The Bertz CT molecular complexity index is 1340. The first-order valence-electron chi connectivity index (χ1n) is 33.7. The standard InChI is InChI=1S/3C18H36O2.C14H12.C4H10O.Zr/c3*1-2-3-4-5-6-7-8-9-10-11-12-13-14-15-16-17-18(19)20;1-3-7-13(8-4-1)11-12-14-9-5-2-6-10-14;1-2-3-4-5;/h3*2-17H2,1H3,(H,19,20);1-12H;5H,2-4H2,1H3;/q;;;;;+3/p-3. The monoisotopic (exact) mass is 1190 g/mol. The second-order valence-electron chi connectivity index (χ2n) is 22.4. The van der Waals surface area contributed by atoms with E-state index in [9.17, 15) is 29.7 Å². The van der Waals surface area contributed by atoms with Crippen LogP contribution in [0.4, 0.5) is 0 Å². The number of aliphatic hydroxyl groups is 1. The number of aliphatic carboxylic acids is 3. The van der Waals surface area contributed by atoms with Gasteiger partial charge in [0.15, 0.2) is 0 Å². The van der Waals surface area contributed by atoms with Crippen molar-refractivity contribution in [2.45, 2.75) is 349 Å². The number of unbranched alkanes of at least 4 members (excludes halogenated alkanes) is 43. The number of carbonyl (C=O) groups excluding carboxylic acids is 3. The summed E-state index contributed by atoms with van der Waals surface area (Å²) in [5, 5.41) is 38.7. The van der Waals surface area contributed by atoms with E-state index in [4.69, 9.17) is 5.11 Å². The molecule has 2 rings (SSSR count). The largest absolute Gasteiger partial charge is 3.00 e. The van der Waals surface area contributed by atoms with Crippen molar-refractivity contribution >= 4 is 30.1 Å². The first-order valence-corrected chi connectivity index (χ1v) is 33.7. The number of carbonyl (C=O) groups is 3. The van der Waals surface area contributed by atoms with Gasteiger partial charge in [-0.15, -0.1) is 0 Å². The van der Waals surface area contributed by atoms with Gasteiger partial charge in [-0.05, 0) is 56.1 Å². The summed E-state index contributed by atoms with van der Waals surface area (Å²) in [6.07, 6.45) is 65.9. The van der Waals surface area contributed by atoms with Crippen molar-refractivity contribution in [2.24, 2.45) is 0 Å². The van der Waals surface area contributed by atoms with E-state index >= 15 is 0 Å². The van der Waals surface area contributed by atoms with Crippen molar-refractivity contribution in [3.05, 3.63) is 71.8 Å². The summed E-state index contributed by atoms with van der Waals surface area (Å²) in [7, 11) is 0. The molecule has 80 heavy (non-hydrogen) atoms. The molecule has 1 radical (unpaired) electrons. The van der Waals surface area contributed by atoms with Crippen LogP contribution in [0.1, 0.15) is 360 Å². The van der Waals surface area contributed by atoms with Gasteiger partial charge in [0.05, 0.1) is 0 Å². The molecular weight excluding hydrogens is 1070 g/mol. The molecule has 0 spiro atoms. The van der Waals surface area contributed by atoms with Gasteiger partial charge in [0, 0.05) is 24.5 Å². The summed E-state index contributed by atoms with van der Waals surface area (Å²) in [6.45, 7) is 9.20. The average molecular weight is 1200 g/mol. The predicted octanol–water partition coefficient (Wildman–Crippen LogP) is 19.6. The molecule has 0 amide bonds. The maximum Gasteiger partial charge on any atom is 3.00 e. The van der Waals surface area contributed by atoms with Crippen LogP contribution in [0.2, 0.25) is 0 Å². The molecule has 0 aromatic heterocycles. The molecular formula is C72H127O7Zr. The van der Waals surface area contributed by atoms with E-state index in [1.165, 1.54) is 262 Å². The molecule has 2 aromatic carbocycles. The number of aliphatic hydroxyl groups excluding tert-OH is 1. The van der Waals surface area contributed by atoms with Crippen molar-refractivity contribution in [1.29, 1.82) is 0 Å². The van der Waals surface area contributed by atoms with Gasteiger partial charge in [-0.3, -0.25) is 0 Å². The molecule has 0 bridgehead atoms. The van der Waals surface area contributed by atoms with Gasteiger partial charge < -0.3 is 34.8 Å². The van der Waals surface area contributed by atoms with Crippen LogP contribution in [0.15, 0.2) is 60.7 Å². The van der Waals surface area contributed by atoms with Gasteiger partial charge >= 0.3 is 26.2 Å². The Balaban J connectivity index is -0.000000468. The van der Waals surface area contributed by atoms with E-state index in [1.807, 2.05) is 36.4 Å². The van der Waals surface area contributed by atoms with Gasteiger partial charge in [-0.2, -0.15) is 0 Å². The average Bonchev–Trinajstić information content (AvgIpc) is 3.44. The molecule has 0 heterocycles. The molecule has 0 unspecified atom stereocenters. The van der Waals surface area contributed by atoms with Crippen molar-refractivity contribution in [2.75, 3.05) is 6.61 Å². The van der Waals surface area contributed by atoms with Crippen LogP contribution >= 0.6 is 0 Å². The maximum atomic E-state index is 10.2. The Hall–Kier alpha value is -2.57. The molecule has 0 fully saturated rings. The summed E-state index contributed by atoms with van der Waals surface area (Å²) < 4.78 is 0. The van der Waals surface area contributed by atoms with Gasteiger partial charge in [0.1, 0.15) is 0 Å². The predicted molar refractivity (Wildman–Crippen MR) is 337 cm³/mol. The van der Waals surface area contributed by atoms with Crippen LogP contribution in [0.25, 0.3) is 12.2 Å². The minimum atomic E-state index is -0.903. The van der Waals surface area contributed by atoms with Crippen molar-refractivity contribution in [1.82, 2.24) is 0 Å². The Morgan fingerprint density at radius 3 is 0.588 bits per heavy atom. The number of rotatable bonds is 52. The first kappa shape index (κ1) is 83.9. The van der Waals surface area contributed by atoms with Crippen LogP contribution in [0, 0.1) is 0 Å². The van der Waals surface area contributed by atoms with E-state index in [2.05, 4.69) is 64.1 Å². The molecule has 7 nitrogen and oxygen atoms in total. The Kier molecular flexibility index (Phi) is 80.1. The molecule has 0 aliphatic heterocycles. The number of carboxylic acid groups (broad SMARTS) is 3. The fourth-order valence-corrected chi connectivity index (χ4v) is 9.40. The fourth-order valence-electron chi connectivity index (χ4n) is 9.40. The number of hydrogen-bond donors (Lipinski definition) is 1. The van der Waals surface area contributed by atoms with Crippen molar-refractivity contribution < 1.29 is 61.0 Å². The Morgan fingerprint density at radius 2 is 0.450 bits per heavy atom. The van der Waals surface area contributed by atoms with Crippen LogP contribution in [-0.4, -0.2) is 29.6 Å². The minimum absolute atomic E-state index is 0. The topological polar surface area (TPSA) is 141 Å². The third kappa shape index (κ3) is 81.9. The summed E-state index contributed by atoms with van der Waals surface area (Å²) in [5.74, 6) is -2.71. The summed E-state index contributed by atoms with van der Waals surface area (Å²) >= 11 is 0. The number of hydrogen-bond acceptors (Lipinski definition) is 7. The zero-order valence-corrected chi connectivity index (χ0v) is 55.3. The third-order valence-corrected chi connectivity index (χ3v) is 14.5. The van der Waals surface area contributed by atoms with Crippen LogP contribution in [-0.2, 0) is 40.6 Å². The van der Waals surface area contributed by atoms with Crippen molar-refractivity contribution in [3.8, 4) is 0 Å². The second-order valence-corrected chi connectivity index (χ2v) is 22.4. The minimum Gasteiger partial charge on any atom is -0.550 e. The summed E-state index contributed by atoms with van der Waals surface area (Å²) in [5.41, 5.74) is 2.47. The molecule has 8 heteroatoms. The fraction of sp³-hybridized carbons (Fsp3) is 0.764. The number of carboxylic acids is 3. The molecule has 0 atom stereocenters. The van der Waals surface area contributed by atoms with Crippen LogP contribution < -0.4 is 15.3 Å². The third-order valence-electron chi connectivity index (χ3n) is 14.5. The Labute approximate surface area is 515 Å². The summed E-state index contributed by atoms with van der Waals surface area (Å²) in [4.78, 5) is 30.7. The second kappa shape index (κ2) is 76.4. The van der Waals surface area contributed by atoms with E-state index in [0.29, 0.717) is 6.61 Å². The van der Waals surface area contributed by atoms with E-state index in [0.717, 1.165) is 51.4 Å². The SMILES string of the molecule is C(=Cc1ccccc1)c1ccccc1.CCCCCCCCCCCCCCCCCC(=O)[O-].CCCCCCCCCCCCCCCCCC(=O)[O-].CCCCCCCCCCCCCCCCCC(=O)[O-].CCCCO.[Zr+3]. The quantitative estimate of drug-likeness (QED) is 0.0514. The van der Waals surface area contributed by atoms with Gasteiger partial charge in [-0.25, -0.2) is 0 Å². The zero-order chi connectivity index (χ0) is 58.4. The molecule has 0 aliphatic carbocycles. The number of benzene rings is 2. The smallest absolute Gasteiger partial charge is 0.550 e. The maximum absolute atomic E-state index is 10.2. The molecule has 0 saturated carbocycles. The molecule has 0 aliphatic rings. The van der Waals surface area contributed by atoms with E-state index < -0.39 is 17.9 Å². The van der Waals surface area contributed by atoms with Gasteiger partial charge in [-0.1, -0.05) is 377 Å².